The number of para-hydroxylation sites is 1. The van der Waals surface area contributed by atoms with Crippen LogP contribution in [-0.2, 0) is 6.42 Å². The Morgan fingerprint density at radius 1 is 1.19 bits per heavy atom. The van der Waals surface area contributed by atoms with Gasteiger partial charge in [0.2, 0.25) is 0 Å². The van der Waals surface area contributed by atoms with Gasteiger partial charge in [-0.25, -0.2) is 0 Å². The van der Waals surface area contributed by atoms with Gasteiger partial charge in [0.05, 0.1) is 11.6 Å². The molecule has 1 aliphatic carbocycles. The summed E-state index contributed by atoms with van der Waals surface area (Å²) in [5.41, 5.74) is 2.70. The van der Waals surface area contributed by atoms with Gasteiger partial charge in [-0.3, -0.25) is 4.98 Å². The second-order valence-corrected chi connectivity index (χ2v) is 7.26. The van der Waals surface area contributed by atoms with Crippen LogP contribution in [0.2, 0.25) is 0 Å². The molecule has 2 aromatic rings. The zero-order valence-electron chi connectivity index (χ0n) is 13.0. The molecule has 1 atom stereocenters. The van der Waals surface area contributed by atoms with E-state index < -0.39 is 0 Å². The van der Waals surface area contributed by atoms with Gasteiger partial charge in [-0.05, 0) is 61.1 Å². The van der Waals surface area contributed by atoms with E-state index in [1.54, 1.807) is 0 Å². The normalized spacial score (nSPS) is 20.5. The number of hydrogen-bond donors (Lipinski definition) is 1. The largest absolute Gasteiger partial charge is 0.392 e. The molecule has 1 N–H and O–H groups in total. The zero-order chi connectivity index (χ0) is 14.9. The lowest BCUT2D eigenvalue weighted by Crippen LogP contribution is -2.30. The van der Waals surface area contributed by atoms with Crippen LogP contribution in [0.1, 0.15) is 45.1 Å². The number of fused-ring (bicyclic) bond motifs is 1. The molecule has 21 heavy (non-hydrogen) atoms. The van der Waals surface area contributed by atoms with Crippen LogP contribution in [0, 0.1) is 11.3 Å². The summed E-state index contributed by atoms with van der Waals surface area (Å²) in [4.78, 5) is 4.40. The Morgan fingerprint density at radius 3 is 2.67 bits per heavy atom. The number of hydrogen-bond acceptors (Lipinski definition) is 2. The van der Waals surface area contributed by atoms with Gasteiger partial charge in [0.25, 0.3) is 0 Å². The van der Waals surface area contributed by atoms with Gasteiger partial charge in [0.1, 0.15) is 0 Å². The summed E-state index contributed by atoms with van der Waals surface area (Å²) in [5, 5.41) is 11.8. The highest BCUT2D eigenvalue weighted by Crippen LogP contribution is 2.39. The number of benzene rings is 1. The lowest BCUT2D eigenvalue weighted by atomic mass is 9.71. The molecule has 1 aromatic heterocycles. The molecule has 0 radical (unpaired) electrons. The highest BCUT2D eigenvalue weighted by Gasteiger charge is 2.30. The third-order valence-electron chi connectivity index (χ3n) is 5.10. The van der Waals surface area contributed by atoms with Gasteiger partial charge in [-0.1, -0.05) is 32.0 Å². The molecule has 1 fully saturated rings. The van der Waals surface area contributed by atoms with Gasteiger partial charge in [-0.15, -0.1) is 0 Å². The average Bonchev–Trinajstić information content (AvgIpc) is 2.47. The van der Waals surface area contributed by atoms with Gasteiger partial charge in [-0.2, -0.15) is 0 Å². The average molecular weight is 283 g/mol. The van der Waals surface area contributed by atoms with Crippen molar-refractivity contribution in [3.05, 3.63) is 42.1 Å². The Bertz CT molecular complexity index is 604. The Hall–Kier alpha value is -1.41. The fourth-order valence-corrected chi connectivity index (χ4v) is 3.53. The Balaban J connectivity index is 1.73. The van der Waals surface area contributed by atoms with Crippen molar-refractivity contribution in [1.29, 1.82) is 0 Å². The van der Waals surface area contributed by atoms with Gasteiger partial charge >= 0.3 is 0 Å². The van der Waals surface area contributed by atoms with E-state index in [1.165, 1.54) is 23.8 Å². The predicted molar refractivity (Wildman–Crippen MR) is 87.2 cm³/mol. The molecule has 1 aliphatic rings. The van der Waals surface area contributed by atoms with E-state index in [2.05, 4.69) is 31.0 Å². The van der Waals surface area contributed by atoms with E-state index in [4.69, 9.17) is 0 Å². The Labute approximate surface area is 127 Å². The fourth-order valence-electron chi connectivity index (χ4n) is 3.53. The maximum absolute atomic E-state index is 10.6. The first-order valence-corrected chi connectivity index (χ1v) is 8.06. The Morgan fingerprint density at radius 2 is 1.90 bits per heavy atom. The predicted octanol–water partition coefficient (Wildman–Crippen LogP) is 4.35. The summed E-state index contributed by atoms with van der Waals surface area (Å²) in [7, 11) is 0. The first kappa shape index (κ1) is 14.5. The molecule has 112 valence electrons. The lowest BCUT2D eigenvalue weighted by Gasteiger charge is -2.36. The molecule has 2 heteroatoms. The van der Waals surface area contributed by atoms with Crippen LogP contribution in [0.5, 0.6) is 0 Å². The van der Waals surface area contributed by atoms with E-state index in [0.717, 1.165) is 24.8 Å². The van der Waals surface area contributed by atoms with E-state index in [9.17, 15) is 5.11 Å². The number of rotatable bonds is 3. The van der Waals surface area contributed by atoms with Crippen molar-refractivity contribution in [2.45, 2.75) is 52.1 Å². The Kier molecular flexibility index (Phi) is 3.99. The third-order valence-corrected chi connectivity index (χ3v) is 5.10. The van der Waals surface area contributed by atoms with Gasteiger partial charge in [0, 0.05) is 11.6 Å². The van der Waals surface area contributed by atoms with Crippen molar-refractivity contribution in [3.8, 4) is 0 Å². The number of nitrogens with zero attached hydrogens (tertiary/aromatic N) is 1. The maximum atomic E-state index is 10.6. The van der Waals surface area contributed by atoms with Crippen molar-refractivity contribution in [3.63, 3.8) is 0 Å². The third kappa shape index (κ3) is 3.26. The maximum Gasteiger partial charge on any atom is 0.0704 e. The van der Waals surface area contributed by atoms with E-state index >= 15 is 0 Å². The molecule has 0 spiro atoms. The molecule has 1 aromatic carbocycles. The number of aliphatic hydroxyl groups is 1. The highest BCUT2D eigenvalue weighted by atomic mass is 16.3. The molecule has 0 saturated heterocycles. The summed E-state index contributed by atoms with van der Waals surface area (Å²) in [6, 6.07) is 10.3. The van der Waals surface area contributed by atoms with Crippen LogP contribution in [-0.4, -0.2) is 16.2 Å². The molecule has 0 amide bonds. The zero-order valence-corrected chi connectivity index (χ0v) is 13.0. The smallest absolute Gasteiger partial charge is 0.0704 e. The molecule has 1 heterocycles. The molecule has 0 aliphatic heterocycles. The summed E-state index contributed by atoms with van der Waals surface area (Å²) < 4.78 is 0. The van der Waals surface area contributed by atoms with Crippen molar-refractivity contribution < 1.29 is 5.11 Å². The van der Waals surface area contributed by atoms with Crippen LogP contribution in [0.15, 0.2) is 36.5 Å². The summed E-state index contributed by atoms with van der Waals surface area (Å²) in [5.74, 6) is 0.449. The number of pyridine rings is 1. The standard InChI is InChI=1S/C19H25NO/c1-19(2)10-7-14(8-11-19)18(21)13-15-9-12-20-17-6-4-3-5-16(15)17/h3-6,9,12,14,18,21H,7-8,10-11,13H2,1-2H3. The van der Waals surface area contributed by atoms with Crippen LogP contribution in [0.4, 0.5) is 0 Å². The van der Waals surface area contributed by atoms with E-state index in [0.29, 0.717) is 11.3 Å². The minimum atomic E-state index is -0.230. The molecular formula is C19H25NO. The van der Waals surface area contributed by atoms with Gasteiger partial charge in [0.15, 0.2) is 0 Å². The SMILES string of the molecule is CC1(C)CCC(C(O)Cc2ccnc3ccccc23)CC1. The first-order valence-electron chi connectivity index (χ1n) is 8.06. The summed E-state index contributed by atoms with van der Waals surface area (Å²) in [6.07, 6.45) is 7.13. The first-order chi connectivity index (χ1) is 10.1. The minimum Gasteiger partial charge on any atom is -0.392 e. The minimum absolute atomic E-state index is 0.230. The molecule has 0 bridgehead atoms. The summed E-state index contributed by atoms with van der Waals surface area (Å²) in [6.45, 7) is 4.68. The summed E-state index contributed by atoms with van der Waals surface area (Å²) >= 11 is 0. The molecule has 1 saturated carbocycles. The second-order valence-electron chi connectivity index (χ2n) is 7.26. The van der Waals surface area contributed by atoms with E-state index in [1.807, 2.05) is 24.4 Å². The van der Waals surface area contributed by atoms with Crippen molar-refractivity contribution in [2.75, 3.05) is 0 Å². The second kappa shape index (κ2) is 5.76. The van der Waals surface area contributed by atoms with Crippen LogP contribution in [0.25, 0.3) is 10.9 Å². The topological polar surface area (TPSA) is 33.1 Å². The van der Waals surface area contributed by atoms with Crippen LogP contribution < -0.4 is 0 Å². The number of aliphatic hydroxyl groups excluding tert-OH is 1. The molecular weight excluding hydrogens is 258 g/mol. The van der Waals surface area contributed by atoms with Gasteiger partial charge < -0.3 is 5.11 Å². The number of aromatic nitrogens is 1. The lowest BCUT2D eigenvalue weighted by molar-refractivity contribution is 0.0578. The van der Waals surface area contributed by atoms with Crippen LogP contribution >= 0.6 is 0 Å². The molecule has 2 nitrogen and oxygen atoms in total. The highest BCUT2D eigenvalue weighted by molar-refractivity contribution is 5.81. The van der Waals surface area contributed by atoms with Crippen LogP contribution in [0.3, 0.4) is 0 Å². The van der Waals surface area contributed by atoms with Crippen molar-refractivity contribution >= 4 is 10.9 Å². The molecule has 3 rings (SSSR count). The van der Waals surface area contributed by atoms with E-state index in [-0.39, 0.29) is 6.10 Å². The van der Waals surface area contributed by atoms with Crippen molar-refractivity contribution in [2.24, 2.45) is 11.3 Å². The fraction of sp³-hybridized carbons (Fsp3) is 0.526. The monoisotopic (exact) mass is 283 g/mol. The molecule has 1 unspecified atom stereocenters. The van der Waals surface area contributed by atoms with Crippen molar-refractivity contribution in [1.82, 2.24) is 4.98 Å². The quantitative estimate of drug-likeness (QED) is 0.908.